The van der Waals surface area contributed by atoms with Gasteiger partial charge in [-0.2, -0.15) is 5.26 Å². The molecule has 0 saturated heterocycles. The van der Waals surface area contributed by atoms with Crippen molar-refractivity contribution in [3.05, 3.63) is 157 Å². The summed E-state index contributed by atoms with van der Waals surface area (Å²) in [6.45, 7) is 0. The number of imidazole rings is 1. The number of nitriles is 1. The molecular weight excluding hydrogens is 522 g/mol. The first-order chi connectivity index (χ1) is 21.2. The molecule has 0 saturated carbocycles. The summed E-state index contributed by atoms with van der Waals surface area (Å²) in [6, 6.07) is 55.1. The normalized spacial score (nSPS) is 11.2. The van der Waals surface area contributed by atoms with Crippen LogP contribution >= 0.6 is 0 Å². The van der Waals surface area contributed by atoms with Crippen LogP contribution < -0.4 is 0 Å². The van der Waals surface area contributed by atoms with Gasteiger partial charge in [0.2, 0.25) is 0 Å². The molecule has 3 heteroatoms. The van der Waals surface area contributed by atoms with Crippen molar-refractivity contribution in [1.29, 1.82) is 5.26 Å². The van der Waals surface area contributed by atoms with Crippen molar-refractivity contribution in [2.45, 2.75) is 0 Å². The lowest BCUT2D eigenvalue weighted by Crippen LogP contribution is -1.97. The first-order valence-corrected chi connectivity index (χ1v) is 14.4. The van der Waals surface area contributed by atoms with Crippen molar-refractivity contribution in [3.63, 3.8) is 0 Å². The lowest BCUT2D eigenvalue weighted by atomic mass is 9.92. The Morgan fingerprint density at radius 1 is 0.512 bits per heavy atom. The quantitative estimate of drug-likeness (QED) is 0.220. The highest BCUT2D eigenvalue weighted by Crippen LogP contribution is 2.36. The zero-order valence-corrected chi connectivity index (χ0v) is 23.3. The molecule has 0 atom stereocenters. The minimum Gasteiger partial charge on any atom is -0.292 e. The highest BCUT2D eigenvalue weighted by Gasteiger charge is 2.15. The second-order valence-electron chi connectivity index (χ2n) is 10.8. The number of benzene rings is 7. The van der Waals surface area contributed by atoms with E-state index in [2.05, 4.69) is 126 Å². The van der Waals surface area contributed by atoms with Gasteiger partial charge in [0.05, 0.1) is 22.7 Å². The van der Waals surface area contributed by atoms with Gasteiger partial charge >= 0.3 is 0 Å². The molecule has 7 aromatic carbocycles. The Hall–Kier alpha value is -5.98. The molecule has 1 aromatic heterocycles. The summed E-state index contributed by atoms with van der Waals surface area (Å²) in [5.41, 5.74) is 9.49. The minimum absolute atomic E-state index is 0.665. The van der Waals surface area contributed by atoms with Crippen molar-refractivity contribution in [2.24, 2.45) is 0 Å². The van der Waals surface area contributed by atoms with Gasteiger partial charge in [0, 0.05) is 11.3 Å². The number of rotatable bonds is 4. The van der Waals surface area contributed by atoms with Crippen LogP contribution in [0.1, 0.15) is 5.56 Å². The summed E-state index contributed by atoms with van der Waals surface area (Å²) in [5, 5.41) is 14.0. The van der Waals surface area contributed by atoms with Crippen LogP contribution in [0.4, 0.5) is 0 Å². The van der Waals surface area contributed by atoms with E-state index >= 15 is 0 Å². The standard InChI is InChI=1S/C40H25N3/c41-26-27-14-16-28(17-15-27)37-25-34(23-33-10-4-5-11-36(33)37)31-18-19-32-24-35(21-20-30(32)22-31)43-39-13-7-6-12-38(39)42-40(43)29-8-2-1-3-9-29/h1-25H. The number of hydrogen-bond acceptors (Lipinski definition) is 2. The summed E-state index contributed by atoms with van der Waals surface area (Å²) in [6.07, 6.45) is 0. The average molecular weight is 548 g/mol. The highest BCUT2D eigenvalue weighted by atomic mass is 15.1. The van der Waals surface area contributed by atoms with Crippen LogP contribution in [-0.2, 0) is 0 Å². The van der Waals surface area contributed by atoms with Crippen LogP contribution in [0.25, 0.3) is 71.9 Å². The third-order valence-electron chi connectivity index (χ3n) is 8.19. The first kappa shape index (κ1) is 24.8. The van der Waals surface area contributed by atoms with Gasteiger partial charge in [0.25, 0.3) is 0 Å². The lowest BCUT2D eigenvalue weighted by Gasteiger charge is -2.13. The topological polar surface area (TPSA) is 41.6 Å². The van der Waals surface area contributed by atoms with Crippen LogP contribution in [0.2, 0.25) is 0 Å². The first-order valence-electron chi connectivity index (χ1n) is 14.4. The molecular formula is C40H25N3. The largest absolute Gasteiger partial charge is 0.292 e. The van der Waals surface area contributed by atoms with Crippen LogP contribution in [0.3, 0.4) is 0 Å². The average Bonchev–Trinajstić information content (AvgIpc) is 3.47. The Labute approximate surface area is 249 Å². The van der Waals surface area contributed by atoms with E-state index < -0.39 is 0 Å². The minimum atomic E-state index is 0.665. The fourth-order valence-electron chi connectivity index (χ4n) is 6.06. The second kappa shape index (κ2) is 10.1. The molecule has 3 nitrogen and oxygen atoms in total. The van der Waals surface area contributed by atoms with E-state index in [1.807, 2.05) is 36.4 Å². The Kier molecular flexibility index (Phi) is 5.84. The fraction of sp³-hybridized carbons (Fsp3) is 0. The zero-order valence-electron chi connectivity index (χ0n) is 23.3. The SMILES string of the molecule is N#Cc1ccc(-c2cc(-c3ccc4cc(-n5c(-c6ccccc6)nc6ccccc65)ccc4c3)cc3ccccc23)cc1. The van der Waals surface area contributed by atoms with Gasteiger partial charge in [-0.3, -0.25) is 4.57 Å². The van der Waals surface area contributed by atoms with E-state index in [0.717, 1.165) is 44.8 Å². The molecule has 0 bridgehead atoms. The molecule has 0 spiro atoms. The van der Waals surface area contributed by atoms with Gasteiger partial charge in [0.15, 0.2) is 0 Å². The number of hydrogen-bond donors (Lipinski definition) is 0. The zero-order chi connectivity index (χ0) is 28.8. The number of nitrogens with zero attached hydrogens (tertiary/aromatic N) is 3. The van der Waals surface area contributed by atoms with Crippen molar-refractivity contribution in [3.8, 4) is 45.4 Å². The molecule has 0 fully saturated rings. The van der Waals surface area contributed by atoms with E-state index in [9.17, 15) is 5.26 Å². The van der Waals surface area contributed by atoms with Gasteiger partial charge in [-0.1, -0.05) is 97.1 Å². The van der Waals surface area contributed by atoms with E-state index in [4.69, 9.17) is 4.98 Å². The smallest absolute Gasteiger partial charge is 0.145 e. The Morgan fingerprint density at radius 3 is 2.07 bits per heavy atom. The fourth-order valence-corrected chi connectivity index (χ4v) is 6.06. The lowest BCUT2D eigenvalue weighted by molar-refractivity contribution is 1.11. The van der Waals surface area contributed by atoms with Gasteiger partial charge < -0.3 is 0 Å². The second-order valence-corrected chi connectivity index (χ2v) is 10.8. The molecule has 8 aromatic rings. The Bertz CT molecular complexity index is 2340. The van der Waals surface area contributed by atoms with E-state index in [1.54, 1.807) is 0 Å². The van der Waals surface area contributed by atoms with Crippen LogP contribution in [0, 0.1) is 11.3 Å². The number of fused-ring (bicyclic) bond motifs is 3. The van der Waals surface area contributed by atoms with Crippen molar-refractivity contribution < 1.29 is 0 Å². The highest BCUT2D eigenvalue weighted by molar-refractivity contribution is 6.01. The molecule has 0 N–H and O–H groups in total. The van der Waals surface area contributed by atoms with Crippen LogP contribution in [0.5, 0.6) is 0 Å². The molecule has 0 unspecified atom stereocenters. The van der Waals surface area contributed by atoms with Gasteiger partial charge in [-0.05, 0) is 98.4 Å². The van der Waals surface area contributed by atoms with Crippen molar-refractivity contribution in [2.75, 3.05) is 0 Å². The molecule has 200 valence electrons. The number of aromatic nitrogens is 2. The summed E-state index contributed by atoms with van der Waals surface area (Å²) in [7, 11) is 0. The summed E-state index contributed by atoms with van der Waals surface area (Å²) < 4.78 is 2.26. The summed E-state index contributed by atoms with van der Waals surface area (Å²) >= 11 is 0. The van der Waals surface area contributed by atoms with Crippen LogP contribution in [0.15, 0.2) is 152 Å². The number of para-hydroxylation sites is 2. The third-order valence-corrected chi connectivity index (χ3v) is 8.19. The molecule has 0 aliphatic carbocycles. The molecule has 8 rings (SSSR count). The van der Waals surface area contributed by atoms with E-state index in [-0.39, 0.29) is 0 Å². The molecule has 0 aliphatic rings. The Morgan fingerprint density at radius 2 is 1.21 bits per heavy atom. The van der Waals surface area contributed by atoms with E-state index in [0.29, 0.717) is 5.56 Å². The van der Waals surface area contributed by atoms with E-state index in [1.165, 1.54) is 27.1 Å². The van der Waals surface area contributed by atoms with Gasteiger partial charge in [-0.15, -0.1) is 0 Å². The summed E-state index contributed by atoms with van der Waals surface area (Å²) in [5.74, 6) is 0.935. The van der Waals surface area contributed by atoms with Crippen molar-refractivity contribution in [1.82, 2.24) is 9.55 Å². The predicted molar refractivity (Wildman–Crippen MR) is 177 cm³/mol. The maximum absolute atomic E-state index is 9.28. The maximum atomic E-state index is 9.28. The predicted octanol–water partition coefficient (Wildman–Crippen LogP) is 10.2. The van der Waals surface area contributed by atoms with Crippen LogP contribution in [-0.4, -0.2) is 9.55 Å². The van der Waals surface area contributed by atoms with Crippen molar-refractivity contribution >= 4 is 32.6 Å². The summed E-state index contributed by atoms with van der Waals surface area (Å²) in [4.78, 5) is 5.01. The van der Waals surface area contributed by atoms with Gasteiger partial charge in [0.1, 0.15) is 5.82 Å². The molecule has 1 heterocycles. The molecule has 0 amide bonds. The molecule has 0 radical (unpaired) electrons. The third kappa shape index (κ3) is 4.34. The molecule has 0 aliphatic heterocycles. The van der Waals surface area contributed by atoms with Gasteiger partial charge in [-0.25, -0.2) is 4.98 Å². The monoisotopic (exact) mass is 547 g/mol. The maximum Gasteiger partial charge on any atom is 0.145 e. The molecule has 43 heavy (non-hydrogen) atoms. The Balaban J connectivity index is 1.25.